The van der Waals surface area contributed by atoms with Gasteiger partial charge in [0.1, 0.15) is 5.75 Å². The second-order valence-corrected chi connectivity index (χ2v) is 8.80. The predicted octanol–water partition coefficient (Wildman–Crippen LogP) is 4.24. The second-order valence-electron chi connectivity index (χ2n) is 7.03. The maximum Gasteiger partial charge on any atom is 0.240 e. The van der Waals surface area contributed by atoms with Gasteiger partial charge < -0.3 is 10.1 Å². The summed E-state index contributed by atoms with van der Waals surface area (Å²) in [6.07, 6.45) is 0.951. The van der Waals surface area contributed by atoms with Crippen molar-refractivity contribution in [2.45, 2.75) is 31.6 Å². The van der Waals surface area contributed by atoms with Crippen molar-refractivity contribution in [2.24, 2.45) is 0 Å². The highest BCUT2D eigenvalue weighted by Crippen LogP contribution is 2.22. The molecule has 158 valence electrons. The van der Waals surface area contributed by atoms with Crippen LogP contribution >= 0.6 is 0 Å². The van der Waals surface area contributed by atoms with Crippen LogP contribution in [0.2, 0.25) is 0 Å². The molecule has 3 rings (SSSR count). The van der Waals surface area contributed by atoms with Crippen molar-refractivity contribution >= 4 is 32.4 Å². The van der Waals surface area contributed by atoms with Crippen LogP contribution in [0, 0.1) is 6.92 Å². The van der Waals surface area contributed by atoms with Crippen molar-refractivity contribution in [3.05, 3.63) is 66.2 Å². The number of hydrogen-bond acceptors (Lipinski definition) is 4. The van der Waals surface area contributed by atoms with Crippen LogP contribution in [0.1, 0.15) is 25.3 Å². The number of amides is 1. The maximum absolute atomic E-state index is 12.5. The molecule has 30 heavy (non-hydrogen) atoms. The molecule has 0 saturated carbocycles. The molecule has 3 aromatic rings. The zero-order chi connectivity index (χ0) is 21.6. The van der Waals surface area contributed by atoms with E-state index in [1.165, 1.54) is 0 Å². The number of anilines is 1. The molecular weight excluding hydrogens is 400 g/mol. The summed E-state index contributed by atoms with van der Waals surface area (Å²) in [6, 6.07) is 18.0. The van der Waals surface area contributed by atoms with E-state index in [9.17, 15) is 13.2 Å². The number of carbonyl (C=O) groups is 1. The highest BCUT2D eigenvalue weighted by molar-refractivity contribution is 7.89. The van der Waals surface area contributed by atoms with E-state index in [0.717, 1.165) is 28.5 Å². The zero-order valence-electron chi connectivity index (χ0n) is 17.1. The number of fused-ring (bicyclic) bond motifs is 1. The third kappa shape index (κ3) is 5.58. The molecule has 0 aromatic heterocycles. The van der Waals surface area contributed by atoms with Crippen LogP contribution in [-0.2, 0) is 14.8 Å². The van der Waals surface area contributed by atoms with Crippen LogP contribution in [0.5, 0.6) is 5.75 Å². The molecule has 0 bridgehead atoms. The van der Waals surface area contributed by atoms with Gasteiger partial charge in [-0.2, -0.15) is 0 Å². The van der Waals surface area contributed by atoms with Gasteiger partial charge in [0.15, 0.2) is 0 Å². The van der Waals surface area contributed by atoms with Crippen LogP contribution < -0.4 is 14.8 Å². The summed E-state index contributed by atoms with van der Waals surface area (Å²) < 4.78 is 33.1. The molecule has 0 atom stereocenters. The first-order chi connectivity index (χ1) is 14.4. The monoisotopic (exact) mass is 426 g/mol. The van der Waals surface area contributed by atoms with Crippen molar-refractivity contribution in [1.29, 1.82) is 0 Å². The first kappa shape index (κ1) is 21.8. The minimum atomic E-state index is -3.69. The molecule has 6 nitrogen and oxygen atoms in total. The summed E-state index contributed by atoms with van der Waals surface area (Å²) in [7, 11) is -3.69. The minimum absolute atomic E-state index is 0.0116. The molecule has 0 saturated heterocycles. The van der Waals surface area contributed by atoms with Crippen molar-refractivity contribution in [1.82, 2.24) is 4.72 Å². The first-order valence-corrected chi connectivity index (χ1v) is 11.4. The Hall–Kier alpha value is -2.90. The lowest BCUT2D eigenvalue weighted by molar-refractivity contribution is -0.116. The van der Waals surface area contributed by atoms with Gasteiger partial charge in [-0.15, -0.1) is 0 Å². The lowest BCUT2D eigenvalue weighted by Crippen LogP contribution is -2.28. The van der Waals surface area contributed by atoms with E-state index in [1.807, 2.05) is 44.2 Å². The Morgan fingerprint density at radius 2 is 1.77 bits per heavy atom. The summed E-state index contributed by atoms with van der Waals surface area (Å²) in [5.41, 5.74) is 1.56. The summed E-state index contributed by atoms with van der Waals surface area (Å²) in [4.78, 5) is 12.4. The fraction of sp³-hybridized carbons (Fsp3) is 0.261. The topological polar surface area (TPSA) is 84.5 Å². The SMILES string of the molecule is CCCOc1ccc(NC(=O)CCNS(=O)(=O)c2ccc3ccccc3c2)c(C)c1. The molecule has 2 N–H and O–H groups in total. The highest BCUT2D eigenvalue weighted by atomic mass is 32.2. The Bertz CT molecular complexity index is 1140. The number of carbonyl (C=O) groups excluding carboxylic acids is 1. The Balaban J connectivity index is 1.55. The third-order valence-electron chi connectivity index (χ3n) is 4.62. The van der Waals surface area contributed by atoms with Gasteiger partial charge in [-0.3, -0.25) is 4.79 Å². The largest absolute Gasteiger partial charge is 0.494 e. The number of aryl methyl sites for hydroxylation is 1. The number of benzene rings is 3. The number of nitrogens with one attached hydrogen (secondary N) is 2. The van der Waals surface area contributed by atoms with Gasteiger partial charge in [0, 0.05) is 18.7 Å². The van der Waals surface area contributed by atoms with Crippen LogP contribution in [-0.4, -0.2) is 27.5 Å². The van der Waals surface area contributed by atoms with E-state index in [4.69, 9.17) is 4.74 Å². The van der Waals surface area contributed by atoms with E-state index in [-0.39, 0.29) is 23.8 Å². The average molecular weight is 427 g/mol. The minimum Gasteiger partial charge on any atom is -0.494 e. The molecule has 0 spiro atoms. The second kappa shape index (κ2) is 9.73. The fourth-order valence-corrected chi connectivity index (χ4v) is 4.08. The van der Waals surface area contributed by atoms with E-state index < -0.39 is 10.0 Å². The smallest absolute Gasteiger partial charge is 0.240 e. The Labute approximate surface area is 177 Å². The van der Waals surface area contributed by atoms with E-state index in [1.54, 1.807) is 30.3 Å². The van der Waals surface area contributed by atoms with Gasteiger partial charge in [-0.1, -0.05) is 37.3 Å². The molecule has 0 radical (unpaired) electrons. The zero-order valence-corrected chi connectivity index (χ0v) is 18.0. The Kier molecular flexibility index (Phi) is 7.07. The summed E-state index contributed by atoms with van der Waals surface area (Å²) >= 11 is 0. The van der Waals surface area contributed by atoms with Crippen molar-refractivity contribution in [2.75, 3.05) is 18.5 Å². The van der Waals surface area contributed by atoms with Crippen LogP contribution in [0.4, 0.5) is 5.69 Å². The van der Waals surface area contributed by atoms with E-state index >= 15 is 0 Å². The molecular formula is C23H26N2O4S. The summed E-state index contributed by atoms with van der Waals surface area (Å²) in [6.45, 7) is 4.58. The normalized spacial score (nSPS) is 11.4. The molecule has 0 fully saturated rings. The van der Waals surface area contributed by atoms with Crippen molar-refractivity contribution < 1.29 is 17.9 Å². The standard InChI is InChI=1S/C23H26N2O4S/c1-3-14-29-20-9-11-22(17(2)15-20)25-23(26)12-13-24-30(27,28)21-10-8-18-6-4-5-7-19(18)16-21/h4-11,15-16,24H,3,12-14H2,1-2H3,(H,25,26). The van der Waals surface area contributed by atoms with Gasteiger partial charge in [0.2, 0.25) is 15.9 Å². The molecule has 3 aromatic carbocycles. The van der Waals surface area contributed by atoms with Gasteiger partial charge in [-0.05, 0) is 60.0 Å². The van der Waals surface area contributed by atoms with Gasteiger partial charge >= 0.3 is 0 Å². The van der Waals surface area contributed by atoms with Crippen LogP contribution in [0.25, 0.3) is 10.8 Å². The Morgan fingerprint density at radius 1 is 1.00 bits per heavy atom. The summed E-state index contributed by atoms with van der Waals surface area (Å²) in [5.74, 6) is 0.497. The van der Waals surface area contributed by atoms with Crippen LogP contribution in [0.3, 0.4) is 0 Å². The Morgan fingerprint density at radius 3 is 2.50 bits per heavy atom. The van der Waals surface area contributed by atoms with Crippen molar-refractivity contribution in [3.63, 3.8) is 0 Å². The molecule has 0 aliphatic rings. The van der Waals surface area contributed by atoms with Crippen LogP contribution in [0.15, 0.2) is 65.6 Å². The highest BCUT2D eigenvalue weighted by Gasteiger charge is 2.15. The number of hydrogen-bond donors (Lipinski definition) is 2. The fourth-order valence-electron chi connectivity index (χ4n) is 3.02. The molecule has 0 aliphatic heterocycles. The number of ether oxygens (including phenoxy) is 1. The molecule has 0 aliphatic carbocycles. The molecule has 1 amide bonds. The lowest BCUT2D eigenvalue weighted by Gasteiger charge is -2.12. The lowest BCUT2D eigenvalue weighted by atomic mass is 10.1. The van der Waals surface area contributed by atoms with Gasteiger partial charge in [0.05, 0.1) is 11.5 Å². The molecule has 0 heterocycles. The predicted molar refractivity (Wildman–Crippen MR) is 119 cm³/mol. The third-order valence-corrected chi connectivity index (χ3v) is 6.08. The average Bonchev–Trinajstić information content (AvgIpc) is 2.73. The quantitative estimate of drug-likeness (QED) is 0.536. The van der Waals surface area contributed by atoms with Crippen molar-refractivity contribution in [3.8, 4) is 5.75 Å². The summed E-state index contributed by atoms with van der Waals surface area (Å²) in [5, 5.41) is 4.63. The maximum atomic E-state index is 12.5. The van der Waals surface area contributed by atoms with E-state index in [2.05, 4.69) is 10.0 Å². The molecule has 0 unspecified atom stereocenters. The van der Waals surface area contributed by atoms with E-state index in [0.29, 0.717) is 12.3 Å². The number of sulfonamides is 1. The van der Waals surface area contributed by atoms with Gasteiger partial charge in [0.25, 0.3) is 0 Å². The molecule has 7 heteroatoms. The van der Waals surface area contributed by atoms with Gasteiger partial charge in [-0.25, -0.2) is 13.1 Å². The number of rotatable bonds is 9. The first-order valence-electron chi connectivity index (χ1n) is 9.91.